The van der Waals surface area contributed by atoms with Gasteiger partial charge in [-0.15, -0.1) is 0 Å². The first-order valence-corrected chi connectivity index (χ1v) is 4.92. The molecule has 13 heavy (non-hydrogen) atoms. The number of para-hydroxylation sites is 1. The summed E-state index contributed by atoms with van der Waals surface area (Å²) in [4.78, 5) is 2.44. The van der Waals surface area contributed by atoms with Crippen LogP contribution in [0.1, 0.15) is 0 Å². The monoisotopic (exact) mass is 174 g/mol. The molecule has 1 saturated carbocycles. The van der Waals surface area contributed by atoms with Crippen molar-refractivity contribution in [1.29, 1.82) is 0 Å². The maximum absolute atomic E-state index is 5.89. The highest BCUT2D eigenvalue weighted by molar-refractivity contribution is 5.48. The molecule has 2 unspecified atom stereocenters. The molecule has 1 aromatic rings. The zero-order chi connectivity index (χ0) is 8.84. The average molecular weight is 174 g/mol. The van der Waals surface area contributed by atoms with Crippen LogP contribution in [0.2, 0.25) is 0 Å². The van der Waals surface area contributed by atoms with E-state index in [9.17, 15) is 0 Å². The van der Waals surface area contributed by atoms with Crippen LogP contribution in [0.25, 0.3) is 0 Å². The number of hydrogen-bond acceptors (Lipinski definition) is 2. The minimum atomic E-state index is 0.500. The van der Waals surface area contributed by atoms with E-state index in [0.29, 0.717) is 6.04 Å². The molecule has 1 saturated heterocycles. The Morgan fingerprint density at radius 2 is 1.69 bits per heavy atom. The SMILES string of the molecule is NC1C2CN(c3ccccc3)CC12. The summed E-state index contributed by atoms with van der Waals surface area (Å²) in [5.74, 6) is 1.56. The molecular weight excluding hydrogens is 160 g/mol. The molecule has 0 spiro atoms. The molecule has 2 heteroatoms. The third kappa shape index (κ3) is 1.05. The van der Waals surface area contributed by atoms with Crippen molar-refractivity contribution in [2.45, 2.75) is 6.04 Å². The minimum Gasteiger partial charge on any atom is -0.371 e. The van der Waals surface area contributed by atoms with Crippen molar-refractivity contribution in [3.8, 4) is 0 Å². The summed E-state index contributed by atoms with van der Waals surface area (Å²) in [6.45, 7) is 2.33. The molecule has 2 aliphatic rings. The van der Waals surface area contributed by atoms with E-state index in [1.165, 1.54) is 5.69 Å². The average Bonchev–Trinajstić information content (AvgIpc) is 2.67. The quantitative estimate of drug-likeness (QED) is 0.690. The van der Waals surface area contributed by atoms with Crippen molar-refractivity contribution in [2.75, 3.05) is 18.0 Å². The van der Waals surface area contributed by atoms with Crippen molar-refractivity contribution < 1.29 is 0 Å². The van der Waals surface area contributed by atoms with Gasteiger partial charge in [0, 0.05) is 24.8 Å². The van der Waals surface area contributed by atoms with E-state index < -0.39 is 0 Å². The molecule has 1 aliphatic heterocycles. The highest BCUT2D eigenvalue weighted by Gasteiger charge is 2.53. The Labute approximate surface area is 78.3 Å². The minimum absolute atomic E-state index is 0.500. The molecular formula is C11H14N2. The molecule has 0 radical (unpaired) electrons. The van der Waals surface area contributed by atoms with E-state index in [1.807, 2.05) is 0 Å². The zero-order valence-electron chi connectivity index (χ0n) is 7.56. The van der Waals surface area contributed by atoms with Crippen LogP contribution in [0.5, 0.6) is 0 Å². The van der Waals surface area contributed by atoms with Crippen LogP contribution in [0.15, 0.2) is 30.3 Å². The number of anilines is 1. The maximum Gasteiger partial charge on any atom is 0.0366 e. The van der Waals surface area contributed by atoms with Crippen LogP contribution in [-0.2, 0) is 0 Å². The molecule has 1 heterocycles. The lowest BCUT2D eigenvalue weighted by atomic mass is 10.3. The van der Waals surface area contributed by atoms with Gasteiger partial charge in [0.15, 0.2) is 0 Å². The number of hydrogen-bond donors (Lipinski definition) is 1. The summed E-state index contributed by atoms with van der Waals surface area (Å²) in [5.41, 5.74) is 7.23. The number of nitrogens with two attached hydrogens (primary N) is 1. The first-order valence-electron chi connectivity index (χ1n) is 4.92. The normalized spacial score (nSPS) is 36.1. The van der Waals surface area contributed by atoms with E-state index in [1.54, 1.807) is 0 Å². The number of nitrogens with zero attached hydrogens (tertiary/aromatic N) is 1. The molecule has 1 aliphatic carbocycles. The van der Waals surface area contributed by atoms with Crippen molar-refractivity contribution in [2.24, 2.45) is 17.6 Å². The summed E-state index contributed by atoms with van der Waals surface area (Å²) < 4.78 is 0. The Bertz CT molecular complexity index is 297. The number of benzene rings is 1. The second-order valence-electron chi connectivity index (χ2n) is 4.15. The molecule has 0 amide bonds. The number of fused-ring (bicyclic) bond motifs is 1. The van der Waals surface area contributed by atoms with Gasteiger partial charge in [-0.2, -0.15) is 0 Å². The lowest BCUT2D eigenvalue weighted by molar-refractivity contribution is 0.743. The van der Waals surface area contributed by atoms with Gasteiger partial charge in [-0.1, -0.05) is 18.2 Å². The van der Waals surface area contributed by atoms with Gasteiger partial charge in [-0.3, -0.25) is 0 Å². The van der Waals surface area contributed by atoms with Gasteiger partial charge in [-0.25, -0.2) is 0 Å². The molecule has 68 valence electrons. The highest BCUT2D eigenvalue weighted by Crippen LogP contribution is 2.45. The Morgan fingerprint density at radius 1 is 1.08 bits per heavy atom. The van der Waals surface area contributed by atoms with Gasteiger partial charge in [0.25, 0.3) is 0 Å². The number of piperidine rings is 1. The third-order valence-electron chi connectivity index (χ3n) is 3.38. The molecule has 0 aromatic heterocycles. The van der Waals surface area contributed by atoms with Gasteiger partial charge >= 0.3 is 0 Å². The van der Waals surface area contributed by atoms with Gasteiger partial charge in [0.05, 0.1) is 0 Å². The Hall–Kier alpha value is -1.02. The Balaban J connectivity index is 1.76. The van der Waals surface area contributed by atoms with E-state index in [4.69, 9.17) is 5.73 Å². The molecule has 2 nitrogen and oxygen atoms in total. The molecule has 0 bridgehead atoms. The van der Waals surface area contributed by atoms with E-state index in [-0.39, 0.29) is 0 Å². The highest BCUT2D eigenvalue weighted by atomic mass is 15.2. The summed E-state index contributed by atoms with van der Waals surface area (Å²) in [5, 5.41) is 0. The molecule has 2 N–H and O–H groups in total. The van der Waals surface area contributed by atoms with Crippen LogP contribution in [0.4, 0.5) is 5.69 Å². The fourth-order valence-corrected chi connectivity index (χ4v) is 2.42. The van der Waals surface area contributed by atoms with E-state index in [2.05, 4.69) is 35.2 Å². The summed E-state index contributed by atoms with van der Waals surface area (Å²) in [6.07, 6.45) is 0. The summed E-state index contributed by atoms with van der Waals surface area (Å²) >= 11 is 0. The smallest absolute Gasteiger partial charge is 0.0366 e. The predicted molar refractivity (Wildman–Crippen MR) is 53.6 cm³/mol. The van der Waals surface area contributed by atoms with Crippen molar-refractivity contribution in [3.05, 3.63) is 30.3 Å². The standard InChI is InChI=1S/C11H14N2/c12-11-9-6-13(7-10(9)11)8-4-2-1-3-5-8/h1-5,9-11H,6-7,12H2. The second-order valence-corrected chi connectivity index (χ2v) is 4.15. The fraction of sp³-hybridized carbons (Fsp3) is 0.455. The van der Waals surface area contributed by atoms with E-state index in [0.717, 1.165) is 24.9 Å². The maximum atomic E-state index is 5.89. The second kappa shape index (κ2) is 2.48. The Kier molecular flexibility index (Phi) is 1.41. The summed E-state index contributed by atoms with van der Waals surface area (Å²) in [7, 11) is 0. The number of rotatable bonds is 1. The Morgan fingerprint density at radius 3 is 2.31 bits per heavy atom. The topological polar surface area (TPSA) is 29.3 Å². The van der Waals surface area contributed by atoms with Gasteiger partial charge in [0.1, 0.15) is 0 Å². The largest absolute Gasteiger partial charge is 0.371 e. The van der Waals surface area contributed by atoms with E-state index >= 15 is 0 Å². The lowest BCUT2D eigenvalue weighted by Crippen LogP contribution is -2.27. The van der Waals surface area contributed by atoms with Crippen molar-refractivity contribution in [3.63, 3.8) is 0 Å². The molecule has 1 aromatic carbocycles. The van der Waals surface area contributed by atoms with Crippen molar-refractivity contribution in [1.82, 2.24) is 0 Å². The van der Waals surface area contributed by atoms with Crippen LogP contribution in [0.3, 0.4) is 0 Å². The van der Waals surface area contributed by atoms with Crippen LogP contribution < -0.4 is 10.6 Å². The zero-order valence-corrected chi connectivity index (χ0v) is 7.56. The molecule has 2 fully saturated rings. The van der Waals surface area contributed by atoms with Crippen LogP contribution in [0, 0.1) is 11.8 Å². The lowest BCUT2D eigenvalue weighted by Gasteiger charge is -2.20. The van der Waals surface area contributed by atoms with Gasteiger partial charge in [-0.05, 0) is 24.0 Å². The summed E-state index contributed by atoms with van der Waals surface area (Å²) in [6, 6.07) is 11.1. The third-order valence-corrected chi connectivity index (χ3v) is 3.38. The van der Waals surface area contributed by atoms with Crippen molar-refractivity contribution >= 4 is 5.69 Å². The van der Waals surface area contributed by atoms with Crippen LogP contribution >= 0.6 is 0 Å². The van der Waals surface area contributed by atoms with Crippen LogP contribution in [-0.4, -0.2) is 19.1 Å². The van der Waals surface area contributed by atoms with Gasteiger partial charge in [0.2, 0.25) is 0 Å². The predicted octanol–water partition coefficient (Wildman–Crippen LogP) is 1.08. The van der Waals surface area contributed by atoms with Gasteiger partial charge < -0.3 is 10.6 Å². The molecule has 3 rings (SSSR count). The fourth-order valence-electron chi connectivity index (χ4n) is 2.42. The molecule has 2 atom stereocenters. The first kappa shape index (κ1) is 7.39. The first-order chi connectivity index (χ1) is 6.36.